The van der Waals surface area contributed by atoms with Crippen molar-refractivity contribution < 1.29 is 28.7 Å². The van der Waals surface area contributed by atoms with E-state index in [2.05, 4.69) is 10.6 Å². The van der Waals surface area contributed by atoms with E-state index in [1.807, 2.05) is 0 Å². The highest BCUT2D eigenvalue weighted by Crippen LogP contribution is 2.32. The third kappa shape index (κ3) is 6.17. The summed E-state index contributed by atoms with van der Waals surface area (Å²) in [5.41, 5.74) is 13.2. The van der Waals surface area contributed by atoms with Crippen LogP contribution >= 0.6 is 0 Å². The largest absolute Gasteiger partial charge is 0.462 e. The zero-order valence-corrected chi connectivity index (χ0v) is 19.8. The van der Waals surface area contributed by atoms with Crippen molar-refractivity contribution >= 4 is 46.5 Å². The molecule has 10 heteroatoms. The number of benzene rings is 3. The number of carbonyl (C=O) groups is 4. The molecule has 0 atom stereocenters. The zero-order valence-electron chi connectivity index (χ0n) is 19.8. The lowest BCUT2D eigenvalue weighted by Crippen LogP contribution is -2.21. The van der Waals surface area contributed by atoms with Crippen LogP contribution in [0.25, 0.3) is 0 Å². The summed E-state index contributed by atoms with van der Waals surface area (Å²) in [6, 6.07) is 15.9. The highest BCUT2D eigenvalue weighted by molar-refractivity contribution is 6.08. The Balaban J connectivity index is 2.06. The molecule has 36 heavy (non-hydrogen) atoms. The first-order chi connectivity index (χ1) is 17.2. The van der Waals surface area contributed by atoms with Gasteiger partial charge in [0.25, 0.3) is 0 Å². The first-order valence-electron chi connectivity index (χ1n) is 11.1. The van der Waals surface area contributed by atoms with Crippen molar-refractivity contribution in [3.63, 3.8) is 0 Å². The number of nitrogens with two attached hydrogens (primary N) is 2. The minimum atomic E-state index is -0.844. The molecule has 2 amide bonds. The smallest absolute Gasteiger partial charge is 0.338 e. The van der Waals surface area contributed by atoms with Crippen LogP contribution < -0.4 is 22.1 Å². The molecule has 0 radical (unpaired) electrons. The minimum Gasteiger partial charge on any atom is -0.462 e. The van der Waals surface area contributed by atoms with Crippen LogP contribution in [0.2, 0.25) is 0 Å². The molecule has 10 nitrogen and oxygen atoms in total. The van der Waals surface area contributed by atoms with Gasteiger partial charge in [-0.1, -0.05) is 12.1 Å². The maximum Gasteiger partial charge on any atom is 0.338 e. The van der Waals surface area contributed by atoms with E-state index in [-0.39, 0.29) is 24.3 Å². The molecule has 0 heterocycles. The predicted octanol–water partition coefficient (Wildman–Crippen LogP) is 3.73. The van der Waals surface area contributed by atoms with E-state index in [9.17, 15) is 19.2 Å². The topological polar surface area (TPSA) is 163 Å². The van der Waals surface area contributed by atoms with Gasteiger partial charge in [0.1, 0.15) is 0 Å². The van der Waals surface area contributed by atoms with E-state index >= 15 is 0 Å². The van der Waals surface area contributed by atoms with Crippen molar-refractivity contribution in [2.24, 2.45) is 11.5 Å². The van der Waals surface area contributed by atoms with Gasteiger partial charge in [0.15, 0.2) is 0 Å². The third-order valence-corrected chi connectivity index (χ3v) is 4.99. The quantitative estimate of drug-likeness (QED) is 0.312. The van der Waals surface area contributed by atoms with E-state index in [1.165, 1.54) is 12.1 Å². The summed E-state index contributed by atoms with van der Waals surface area (Å²) in [6.45, 7) is 3.87. The third-order valence-electron chi connectivity index (χ3n) is 4.99. The second-order valence-electron chi connectivity index (χ2n) is 7.52. The minimum absolute atomic E-state index is 0.0858. The van der Waals surface area contributed by atoms with E-state index in [0.29, 0.717) is 33.9 Å². The summed E-state index contributed by atoms with van der Waals surface area (Å²) >= 11 is 0. The first kappa shape index (κ1) is 25.8. The Morgan fingerprint density at radius 2 is 1.06 bits per heavy atom. The summed E-state index contributed by atoms with van der Waals surface area (Å²) in [5, 5.41) is 6.25. The fraction of sp³-hybridized carbons (Fsp3) is 0.154. The lowest BCUT2D eigenvalue weighted by Gasteiger charge is -2.18. The summed E-state index contributed by atoms with van der Waals surface area (Å²) in [5.74, 6) is -2.67. The lowest BCUT2D eigenvalue weighted by molar-refractivity contribution is 0.0517. The molecule has 0 aliphatic carbocycles. The van der Waals surface area contributed by atoms with Crippen LogP contribution in [-0.2, 0) is 9.47 Å². The van der Waals surface area contributed by atoms with Crippen molar-refractivity contribution in [2.75, 3.05) is 23.8 Å². The predicted molar refractivity (Wildman–Crippen MR) is 135 cm³/mol. The highest BCUT2D eigenvalue weighted by Gasteiger charge is 2.19. The van der Waals surface area contributed by atoms with Crippen molar-refractivity contribution in [3.05, 3.63) is 82.9 Å². The average Bonchev–Trinajstić information content (AvgIpc) is 2.85. The lowest BCUT2D eigenvalue weighted by atomic mass is 10.0. The number of hydrogen-bond acceptors (Lipinski definition) is 8. The van der Waals surface area contributed by atoms with E-state index in [0.717, 1.165) is 0 Å². The second kappa shape index (κ2) is 11.5. The monoisotopic (exact) mass is 490 g/mol. The number of primary amides is 2. The van der Waals surface area contributed by atoms with E-state index < -0.39 is 23.8 Å². The van der Waals surface area contributed by atoms with Crippen molar-refractivity contribution in [1.29, 1.82) is 0 Å². The Hall–Kier alpha value is -4.86. The number of esters is 2. The molecule has 0 saturated carbocycles. The molecule has 0 fully saturated rings. The van der Waals surface area contributed by atoms with Gasteiger partial charge >= 0.3 is 11.9 Å². The number of carbonyl (C=O) groups excluding carboxylic acids is 4. The van der Waals surface area contributed by atoms with Crippen LogP contribution in [-0.4, -0.2) is 37.0 Å². The molecular formula is C26H26N4O6. The number of ether oxygens (including phenoxy) is 2. The van der Waals surface area contributed by atoms with E-state index in [1.54, 1.807) is 62.4 Å². The molecule has 0 aliphatic heterocycles. The van der Waals surface area contributed by atoms with Gasteiger partial charge in [0.2, 0.25) is 11.8 Å². The fourth-order valence-electron chi connectivity index (χ4n) is 3.40. The van der Waals surface area contributed by atoms with Crippen LogP contribution in [0, 0.1) is 0 Å². The van der Waals surface area contributed by atoms with Gasteiger partial charge < -0.3 is 31.6 Å². The molecule has 0 aliphatic rings. The molecule has 3 aromatic rings. The molecule has 186 valence electrons. The molecule has 0 unspecified atom stereocenters. The van der Waals surface area contributed by atoms with Gasteiger partial charge in [0.05, 0.1) is 46.8 Å². The Kier molecular flexibility index (Phi) is 8.24. The van der Waals surface area contributed by atoms with Crippen LogP contribution in [0.5, 0.6) is 0 Å². The maximum absolute atomic E-state index is 12.1. The van der Waals surface area contributed by atoms with Crippen LogP contribution in [0.4, 0.5) is 22.7 Å². The fourth-order valence-corrected chi connectivity index (χ4v) is 3.40. The summed E-state index contributed by atoms with van der Waals surface area (Å²) < 4.78 is 10.1. The van der Waals surface area contributed by atoms with Crippen LogP contribution in [0.15, 0.2) is 60.7 Å². The number of rotatable bonds is 10. The van der Waals surface area contributed by atoms with Gasteiger partial charge in [-0.15, -0.1) is 0 Å². The molecule has 6 N–H and O–H groups in total. The second-order valence-corrected chi connectivity index (χ2v) is 7.52. The zero-order chi connectivity index (χ0) is 26.2. The van der Waals surface area contributed by atoms with Gasteiger partial charge in [-0.2, -0.15) is 0 Å². The normalized spacial score (nSPS) is 10.3. The Labute approximate surface area is 207 Å². The molecule has 0 aromatic heterocycles. The van der Waals surface area contributed by atoms with Gasteiger partial charge in [0, 0.05) is 11.4 Å². The number of amides is 2. The SMILES string of the molecule is CCOC(=O)c1cccc(Nc2cc(C(N)=O)c(C(N)=O)cc2Nc2cccc(C(=O)OCC)c2)c1. The molecule has 0 bridgehead atoms. The standard InChI is InChI=1S/C26H26N4O6/c1-3-35-25(33)15-7-5-9-17(11-15)29-21-13-19(23(27)31)20(24(28)32)14-22(21)30-18-10-6-8-16(12-18)26(34)36-4-2/h5-14,29-30H,3-4H2,1-2H3,(H2,27,31)(H2,28,32). The summed E-state index contributed by atoms with van der Waals surface area (Å²) in [4.78, 5) is 48.4. The van der Waals surface area contributed by atoms with Gasteiger partial charge in [-0.05, 0) is 62.4 Å². The molecule has 3 rings (SSSR count). The Morgan fingerprint density at radius 3 is 1.39 bits per heavy atom. The van der Waals surface area contributed by atoms with Crippen molar-refractivity contribution in [2.45, 2.75) is 13.8 Å². The van der Waals surface area contributed by atoms with E-state index in [4.69, 9.17) is 20.9 Å². The molecule has 3 aromatic carbocycles. The summed E-state index contributed by atoms with van der Waals surface area (Å²) in [6.07, 6.45) is 0. The molecule has 0 saturated heterocycles. The van der Waals surface area contributed by atoms with Gasteiger partial charge in [-0.3, -0.25) is 9.59 Å². The van der Waals surface area contributed by atoms with Crippen molar-refractivity contribution in [1.82, 2.24) is 0 Å². The number of nitrogens with one attached hydrogen (secondary N) is 2. The Bertz CT molecular complexity index is 1220. The average molecular weight is 491 g/mol. The first-order valence-corrected chi connectivity index (χ1v) is 11.1. The Morgan fingerprint density at radius 1 is 0.667 bits per heavy atom. The summed E-state index contributed by atoms with van der Waals surface area (Å²) in [7, 11) is 0. The van der Waals surface area contributed by atoms with Crippen molar-refractivity contribution in [3.8, 4) is 0 Å². The number of hydrogen-bond donors (Lipinski definition) is 4. The van der Waals surface area contributed by atoms with Gasteiger partial charge in [-0.25, -0.2) is 9.59 Å². The van der Waals surface area contributed by atoms with Crippen LogP contribution in [0.1, 0.15) is 55.3 Å². The number of anilines is 4. The van der Waals surface area contributed by atoms with Crippen LogP contribution in [0.3, 0.4) is 0 Å². The maximum atomic E-state index is 12.1. The molecule has 0 spiro atoms. The molecular weight excluding hydrogens is 464 g/mol. The highest BCUT2D eigenvalue weighted by atomic mass is 16.5.